The second-order valence-electron chi connectivity index (χ2n) is 5.87. The molecule has 2 heterocycles. The van der Waals surface area contributed by atoms with Crippen molar-refractivity contribution < 1.29 is 4.79 Å². The molecule has 1 fully saturated rings. The number of rotatable bonds is 2. The van der Waals surface area contributed by atoms with E-state index in [1.165, 1.54) is 0 Å². The summed E-state index contributed by atoms with van der Waals surface area (Å²) in [5, 5.41) is 1.99. The van der Waals surface area contributed by atoms with Gasteiger partial charge in [-0.15, -0.1) is 24.8 Å². The fraction of sp³-hybridized carbons (Fsp3) is 0.412. The molecule has 4 nitrogen and oxygen atoms in total. The average Bonchev–Trinajstić information content (AvgIpc) is 2.53. The summed E-state index contributed by atoms with van der Waals surface area (Å²) in [6.45, 7) is 3.60. The molecule has 1 amide bonds. The second-order valence-corrected chi connectivity index (χ2v) is 5.87. The molecule has 1 aromatic carbocycles. The molecule has 3 rings (SSSR count). The van der Waals surface area contributed by atoms with Gasteiger partial charge in [0.1, 0.15) is 5.69 Å². The lowest BCUT2D eigenvalue weighted by Crippen LogP contribution is -2.42. The van der Waals surface area contributed by atoms with E-state index in [1.54, 1.807) is 6.20 Å². The van der Waals surface area contributed by atoms with Gasteiger partial charge >= 0.3 is 0 Å². The standard InChI is InChI=1S/C17H21N3O.2ClH/c1-12(18)13-7-10-20(11-8-13)17(21)16-15-5-3-2-4-14(15)6-9-19-16;;/h2-6,9,12-13H,7-8,10-11,18H2,1H3;2*1H. The van der Waals surface area contributed by atoms with Crippen LogP contribution in [-0.2, 0) is 0 Å². The lowest BCUT2D eigenvalue weighted by molar-refractivity contribution is 0.0677. The van der Waals surface area contributed by atoms with Gasteiger partial charge in [0.2, 0.25) is 0 Å². The van der Waals surface area contributed by atoms with Crippen molar-refractivity contribution in [3.05, 3.63) is 42.2 Å². The SMILES string of the molecule is CC(N)C1CCN(C(=O)c2nccc3ccccc23)CC1.Cl.Cl. The maximum absolute atomic E-state index is 12.7. The van der Waals surface area contributed by atoms with Crippen LogP contribution in [0.2, 0.25) is 0 Å². The number of pyridine rings is 1. The van der Waals surface area contributed by atoms with Crippen molar-refractivity contribution in [2.75, 3.05) is 13.1 Å². The van der Waals surface area contributed by atoms with Crippen molar-refractivity contribution in [1.82, 2.24) is 9.88 Å². The van der Waals surface area contributed by atoms with Crippen molar-refractivity contribution >= 4 is 41.5 Å². The largest absolute Gasteiger partial charge is 0.337 e. The predicted molar refractivity (Wildman–Crippen MR) is 98.5 cm³/mol. The Morgan fingerprint density at radius 2 is 1.87 bits per heavy atom. The Morgan fingerprint density at radius 3 is 2.52 bits per heavy atom. The molecule has 2 N–H and O–H groups in total. The number of carbonyl (C=O) groups excluding carboxylic acids is 1. The van der Waals surface area contributed by atoms with Crippen LogP contribution in [0.25, 0.3) is 10.8 Å². The summed E-state index contributed by atoms with van der Waals surface area (Å²) in [5.41, 5.74) is 6.52. The van der Waals surface area contributed by atoms with Crippen LogP contribution in [-0.4, -0.2) is 34.9 Å². The zero-order chi connectivity index (χ0) is 14.8. The second kappa shape index (κ2) is 8.48. The summed E-state index contributed by atoms with van der Waals surface area (Å²) in [5.74, 6) is 0.560. The lowest BCUT2D eigenvalue weighted by Gasteiger charge is -2.33. The minimum Gasteiger partial charge on any atom is -0.337 e. The molecule has 1 aromatic heterocycles. The van der Waals surface area contributed by atoms with Gasteiger partial charge in [-0.3, -0.25) is 9.78 Å². The average molecular weight is 356 g/mol. The third-order valence-corrected chi connectivity index (χ3v) is 4.45. The number of benzene rings is 1. The highest BCUT2D eigenvalue weighted by Gasteiger charge is 2.26. The van der Waals surface area contributed by atoms with E-state index in [2.05, 4.69) is 11.9 Å². The number of halogens is 2. The fourth-order valence-corrected chi connectivity index (χ4v) is 3.07. The number of aromatic nitrogens is 1. The van der Waals surface area contributed by atoms with Crippen LogP contribution in [0, 0.1) is 5.92 Å². The van der Waals surface area contributed by atoms with Gasteiger partial charge in [-0.25, -0.2) is 0 Å². The molecule has 0 spiro atoms. The molecule has 0 radical (unpaired) electrons. The molecule has 1 aliphatic heterocycles. The molecule has 126 valence electrons. The van der Waals surface area contributed by atoms with E-state index in [4.69, 9.17) is 5.73 Å². The summed E-state index contributed by atoms with van der Waals surface area (Å²) in [7, 11) is 0. The van der Waals surface area contributed by atoms with E-state index in [0.29, 0.717) is 11.6 Å². The number of carbonyl (C=O) groups is 1. The minimum absolute atomic E-state index is 0. The van der Waals surface area contributed by atoms with Crippen LogP contribution in [0.15, 0.2) is 36.5 Å². The quantitative estimate of drug-likeness (QED) is 0.898. The molecule has 1 saturated heterocycles. The molecular formula is C17H23Cl2N3O. The van der Waals surface area contributed by atoms with Gasteiger partial charge in [0.15, 0.2) is 0 Å². The van der Waals surface area contributed by atoms with Gasteiger partial charge in [-0.1, -0.05) is 24.3 Å². The molecule has 1 unspecified atom stereocenters. The number of hydrogen-bond acceptors (Lipinski definition) is 3. The summed E-state index contributed by atoms with van der Waals surface area (Å²) >= 11 is 0. The third-order valence-electron chi connectivity index (χ3n) is 4.45. The monoisotopic (exact) mass is 355 g/mol. The molecule has 1 aliphatic rings. The maximum Gasteiger partial charge on any atom is 0.273 e. The van der Waals surface area contributed by atoms with Gasteiger partial charge in [0.05, 0.1) is 0 Å². The molecule has 6 heteroatoms. The van der Waals surface area contributed by atoms with E-state index >= 15 is 0 Å². The predicted octanol–water partition coefficient (Wildman–Crippen LogP) is 3.28. The topological polar surface area (TPSA) is 59.2 Å². The zero-order valence-electron chi connectivity index (χ0n) is 13.1. The smallest absolute Gasteiger partial charge is 0.273 e. The first-order valence-corrected chi connectivity index (χ1v) is 7.55. The number of amides is 1. The Hall–Kier alpha value is -1.36. The number of nitrogens with two attached hydrogens (primary N) is 1. The maximum atomic E-state index is 12.7. The first-order chi connectivity index (χ1) is 10.2. The molecule has 0 saturated carbocycles. The summed E-state index contributed by atoms with van der Waals surface area (Å²) in [6.07, 6.45) is 3.67. The normalized spacial score (nSPS) is 16.3. The van der Waals surface area contributed by atoms with Crippen molar-refractivity contribution in [3.8, 4) is 0 Å². The Balaban J connectivity index is 0.00000132. The first-order valence-electron chi connectivity index (χ1n) is 7.55. The fourth-order valence-electron chi connectivity index (χ4n) is 3.07. The highest BCUT2D eigenvalue weighted by Crippen LogP contribution is 2.23. The van der Waals surface area contributed by atoms with Crippen molar-refractivity contribution in [2.45, 2.75) is 25.8 Å². The number of likely N-dealkylation sites (tertiary alicyclic amines) is 1. The molecule has 0 bridgehead atoms. The summed E-state index contributed by atoms with van der Waals surface area (Å²) < 4.78 is 0. The Morgan fingerprint density at radius 1 is 1.22 bits per heavy atom. The van der Waals surface area contributed by atoms with Gasteiger partial charge < -0.3 is 10.6 Å². The Kier molecular flexibility index (Phi) is 7.26. The third kappa shape index (κ3) is 4.14. The number of hydrogen-bond donors (Lipinski definition) is 1. The van der Waals surface area contributed by atoms with Gasteiger partial charge in [0.25, 0.3) is 5.91 Å². The van der Waals surface area contributed by atoms with Crippen molar-refractivity contribution in [2.24, 2.45) is 11.7 Å². The number of nitrogens with zero attached hydrogens (tertiary/aromatic N) is 2. The highest BCUT2D eigenvalue weighted by molar-refractivity contribution is 6.05. The molecule has 2 aromatic rings. The van der Waals surface area contributed by atoms with Crippen molar-refractivity contribution in [1.29, 1.82) is 0 Å². The van der Waals surface area contributed by atoms with Crippen LogP contribution in [0.5, 0.6) is 0 Å². The van der Waals surface area contributed by atoms with Gasteiger partial charge in [-0.2, -0.15) is 0 Å². The minimum atomic E-state index is 0. The number of fused-ring (bicyclic) bond motifs is 1. The molecule has 1 atom stereocenters. The van der Waals surface area contributed by atoms with E-state index in [-0.39, 0.29) is 36.8 Å². The van der Waals surface area contributed by atoms with E-state index in [1.807, 2.05) is 35.2 Å². The van der Waals surface area contributed by atoms with Crippen LogP contribution in [0.1, 0.15) is 30.3 Å². The van der Waals surface area contributed by atoms with Crippen LogP contribution >= 0.6 is 24.8 Å². The van der Waals surface area contributed by atoms with Gasteiger partial charge in [0, 0.05) is 30.7 Å². The van der Waals surface area contributed by atoms with Crippen LogP contribution in [0.4, 0.5) is 0 Å². The summed E-state index contributed by atoms with van der Waals surface area (Å²) in [4.78, 5) is 19.0. The van der Waals surface area contributed by atoms with Crippen molar-refractivity contribution in [3.63, 3.8) is 0 Å². The summed E-state index contributed by atoms with van der Waals surface area (Å²) in [6, 6.07) is 10.0. The molecular weight excluding hydrogens is 333 g/mol. The van der Waals surface area contributed by atoms with E-state index < -0.39 is 0 Å². The number of piperidine rings is 1. The molecule has 0 aliphatic carbocycles. The first kappa shape index (κ1) is 19.7. The zero-order valence-corrected chi connectivity index (χ0v) is 14.8. The van der Waals surface area contributed by atoms with E-state index in [0.717, 1.165) is 36.7 Å². The molecule has 23 heavy (non-hydrogen) atoms. The lowest BCUT2D eigenvalue weighted by atomic mass is 9.91. The Bertz CT molecular complexity index is 650. The van der Waals surface area contributed by atoms with E-state index in [9.17, 15) is 4.79 Å². The highest BCUT2D eigenvalue weighted by atomic mass is 35.5. The van der Waals surface area contributed by atoms with Crippen LogP contribution < -0.4 is 5.73 Å². The van der Waals surface area contributed by atoms with Gasteiger partial charge in [-0.05, 0) is 37.1 Å². The Labute approximate surface area is 149 Å². The van der Waals surface area contributed by atoms with Crippen LogP contribution in [0.3, 0.4) is 0 Å².